The summed E-state index contributed by atoms with van der Waals surface area (Å²) in [5.74, 6) is -6.02. The van der Waals surface area contributed by atoms with Gasteiger partial charge >= 0.3 is 11.9 Å². The van der Waals surface area contributed by atoms with Crippen molar-refractivity contribution in [2.45, 2.75) is 57.3 Å². The fourth-order valence-corrected chi connectivity index (χ4v) is 3.04. The molecule has 13 nitrogen and oxygen atoms in total. The van der Waals surface area contributed by atoms with Crippen molar-refractivity contribution in [1.29, 1.82) is 0 Å². The summed E-state index contributed by atoms with van der Waals surface area (Å²) in [4.78, 5) is 60.4. The third-order valence-corrected chi connectivity index (χ3v) is 5.33. The van der Waals surface area contributed by atoms with Crippen LogP contribution in [0.4, 0.5) is 0 Å². The molecule has 3 amide bonds. The van der Waals surface area contributed by atoms with Crippen LogP contribution in [0.1, 0.15) is 32.3 Å². The molecule has 0 aliphatic rings. The van der Waals surface area contributed by atoms with E-state index in [2.05, 4.69) is 16.0 Å². The Balaban J connectivity index is 2.97. The van der Waals surface area contributed by atoms with Gasteiger partial charge in [0.15, 0.2) is 0 Å². The molecule has 0 saturated heterocycles. The molecule has 0 aromatic heterocycles. The predicted octanol–water partition coefficient (Wildman–Crippen LogP) is -1.69. The molecular weight excluding hydrogens is 464 g/mol. The summed E-state index contributed by atoms with van der Waals surface area (Å²) in [5.41, 5.74) is 6.51. The van der Waals surface area contributed by atoms with Crippen LogP contribution in [-0.2, 0) is 30.4 Å². The largest absolute Gasteiger partial charge is 0.508 e. The van der Waals surface area contributed by atoms with Crippen LogP contribution in [0, 0.1) is 5.92 Å². The van der Waals surface area contributed by atoms with Gasteiger partial charge in [0.25, 0.3) is 0 Å². The summed E-state index contributed by atoms with van der Waals surface area (Å²) in [6.07, 6.45) is -0.363. The first-order valence-electron chi connectivity index (χ1n) is 10.9. The van der Waals surface area contributed by atoms with Gasteiger partial charge in [-0.15, -0.1) is 0 Å². The minimum absolute atomic E-state index is 0.0264. The maximum atomic E-state index is 12.9. The van der Waals surface area contributed by atoms with Gasteiger partial charge < -0.3 is 42.1 Å². The van der Waals surface area contributed by atoms with E-state index in [1.165, 1.54) is 12.1 Å². The molecule has 1 aromatic carbocycles. The van der Waals surface area contributed by atoms with Crippen molar-refractivity contribution >= 4 is 29.7 Å². The number of aliphatic carboxylic acids is 2. The molecule has 0 bridgehead atoms. The minimum Gasteiger partial charge on any atom is -0.508 e. The monoisotopic (exact) mass is 496 g/mol. The van der Waals surface area contributed by atoms with Crippen molar-refractivity contribution < 1.29 is 44.4 Å². The third-order valence-electron chi connectivity index (χ3n) is 5.33. The lowest BCUT2D eigenvalue weighted by molar-refractivity contribution is -0.144. The Bertz CT molecular complexity index is 907. The molecule has 9 N–H and O–H groups in total. The molecule has 0 aliphatic carbocycles. The van der Waals surface area contributed by atoms with Crippen molar-refractivity contribution in [2.24, 2.45) is 11.7 Å². The normalized spacial score (nSPS) is 15.1. The van der Waals surface area contributed by atoms with Gasteiger partial charge in [-0.25, -0.2) is 4.79 Å². The fourth-order valence-electron chi connectivity index (χ4n) is 3.04. The molecule has 0 heterocycles. The van der Waals surface area contributed by atoms with Crippen molar-refractivity contribution in [3.8, 4) is 5.75 Å². The fraction of sp³-hybridized carbons (Fsp3) is 0.500. The molecule has 0 fully saturated rings. The standard InChI is InChI=1S/C22H32N4O9/c1-3-11(2)18(21(33)25-16(10-27)22(34)35)26-20(32)15(9-17(29)30)24-19(31)14(23)8-12-4-6-13(28)7-5-12/h4-7,11,14-16,18,27-28H,3,8-10,23H2,1-2H3,(H,24,31)(H,25,33)(H,26,32)(H,29,30)(H,34,35). The van der Waals surface area contributed by atoms with Crippen LogP contribution in [0.5, 0.6) is 5.75 Å². The number of aliphatic hydroxyl groups excluding tert-OH is 1. The summed E-state index contributed by atoms with van der Waals surface area (Å²) in [6.45, 7) is 2.45. The number of carboxylic acid groups (broad SMARTS) is 2. The van der Waals surface area contributed by atoms with Crippen LogP contribution < -0.4 is 21.7 Å². The number of carbonyl (C=O) groups excluding carboxylic acids is 3. The van der Waals surface area contributed by atoms with E-state index in [4.69, 9.17) is 15.9 Å². The van der Waals surface area contributed by atoms with Crippen molar-refractivity contribution in [3.63, 3.8) is 0 Å². The zero-order valence-corrected chi connectivity index (χ0v) is 19.4. The van der Waals surface area contributed by atoms with E-state index in [-0.39, 0.29) is 12.2 Å². The molecule has 0 aliphatic heterocycles. The summed E-state index contributed by atoms with van der Waals surface area (Å²) in [7, 11) is 0. The summed E-state index contributed by atoms with van der Waals surface area (Å²) >= 11 is 0. The van der Waals surface area contributed by atoms with Gasteiger partial charge in [-0.3, -0.25) is 19.2 Å². The maximum absolute atomic E-state index is 12.9. The molecular formula is C22H32N4O9. The van der Waals surface area contributed by atoms with E-state index < -0.39 is 72.8 Å². The second-order valence-electron chi connectivity index (χ2n) is 8.09. The number of carboxylic acids is 2. The van der Waals surface area contributed by atoms with Crippen LogP contribution >= 0.6 is 0 Å². The Labute approximate surface area is 201 Å². The van der Waals surface area contributed by atoms with Gasteiger partial charge in [0.2, 0.25) is 17.7 Å². The van der Waals surface area contributed by atoms with E-state index in [0.717, 1.165) is 0 Å². The zero-order chi connectivity index (χ0) is 26.7. The van der Waals surface area contributed by atoms with E-state index in [1.54, 1.807) is 26.0 Å². The highest BCUT2D eigenvalue weighted by Crippen LogP contribution is 2.12. The summed E-state index contributed by atoms with van der Waals surface area (Å²) in [5, 5.41) is 43.5. The van der Waals surface area contributed by atoms with Crippen molar-refractivity contribution in [1.82, 2.24) is 16.0 Å². The van der Waals surface area contributed by atoms with E-state index in [9.17, 15) is 34.2 Å². The van der Waals surface area contributed by atoms with Crippen LogP contribution in [0.3, 0.4) is 0 Å². The number of aliphatic hydroxyl groups is 1. The van der Waals surface area contributed by atoms with Crippen LogP contribution in [0.25, 0.3) is 0 Å². The number of aromatic hydroxyl groups is 1. The number of rotatable bonds is 14. The molecule has 0 spiro atoms. The number of carbonyl (C=O) groups is 5. The van der Waals surface area contributed by atoms with Gasteiger partial charge in [0.05, 0.1) is 19.1 Å². The number of amides is 3. The minimum atomic E-state index is -1.60. The van der Waals surface area contributed by atoms with Crippen LogP contribution in [0.2, 0.25) is 0 Å². The summed E-state index contributed by atoms with van der Waals surface area (Å²) in [6, 6.07) is 0.347. The molecule has 1 aromatic rings. The number of phenolic OH excluding ortho intramolecular Hbond substituents is 1. The smallest absolute Gasteiger partial charge is 0.328 e. The first kappa shape index (κ1) is 29.3. The highest BCUT2D eigenvalue weighted by molar-refractivity contribution is 5.95. The lowest BCUT2D eigenvalue weighted by atomic mass is 9.97. The van der Waals surface area contributed by atoms with Gasteiger partial charge in [-0.1, -0.05) is 32.4 Å². The lowest BCUT2D eigenvalue weighted by Crippen LogP contribution is -2.59. The topological polar surface area (TPSA) is 228 Å². The highest BCUT2D eigenvalue weighted by Gasteiger charge is 2.33. The Hall–Kier alpha value is -3.71. The number of phenols is 1. The Kier molecular flexibility index (Phi) is 11.6. The van der Waals surface area contributed by atoms with Gasteiger partial charge in [-0.2, -0.15) is 0 Å². The molecule has 194 valence electrons. The highest BCUT2D eigenvalue weighted by atomic mass is 16.4. The number of nitrogens with two attached hydrogens (primary N) is 1. The SMILES string of the molecule is CCC(C)C(NC(=O)C(CC(=O)O)NC(=O)C(N)Cc1ccc(O)cc1)C(=O)NC(CO)C(=O)O. The molecule has 0 saturated carbocycles. The molecule has 13 heteroatoms. The number of nitrogens with one attached hydrogen (secondary N) is 3. The number of hydrogen-bond donors (Lipinski definition) is 8. The summed E-state index contributed by atoms with van der Waals surface area (Å²) < 4.78 is 0. The van der Waals surface area contributed by atoms with E-state index in [0.29, 0.717) is 12.0 Å². The van der Waals surface area contributed by atoms with E-state index >= 15 is 0 Å². The zero-order valence-electron chi connectivity index (χ0n) is 19.4. The van der Waals surface area contributed by atoms with Gasteiger partial charge in [0.1, 0.15) is 23.9 Å². The van der Waals surface area contributed by atoms with Gasteiger partial charge in [-0.05, 0) is 30.0 Å². The average molecular weight is 497 g/mol. The molecule has 5 atom stereocenters. The van der Waals surface area contributed by atoms with Crippen molar-refractivity contribution in [2.75, 3.05) is 6.61 Å². The Morgan fingerprint density at radius 1 is 0.914 bits per heavy atom. The third kappa shape index (κ3) is 9.59. The predicted molar refractivity (Wildman–Crippen MR) is 122 cm³/mol. The van der Waals surface area contributed by atoms with E-state index in [1.807, 2.05) is 0 Å². The maximum Gasteiger partial charge on any atom is 0.328 e. The average Bonchev–Trinajstić information content (AvgIpc) is 2.80. The molecule has 0 radical (unpaired) electrons. The number of benzene rings is 1. The first-order chi connectivity index (χ1) is 16.4. The second-order valence-corrected chi connectivity index (χ2v) is 8.09. The second kappa shape index (κ2) is 13.9. The Morgan fingerprint density at radius 2 is 1.49 bits per heavy atom. The van der Waals surface area contributed by atoms with Crippen molar-refractivity contribution in [3.05, 3.63) is 29.8 Å². The van der Waals surface area contributed by atoms with Crippen LogP contribution in [-0.4, -0.2) is 80.9 Å². The number of hydrogen-bond acceptors (Lipinski definition) is 8. The van der Waals surface area contributed by atoms with Gasteiger partial charge in [0, 0.05) is 0 Å². The Morgan fingerprint density at radius 3 is 1.97 bits per heavy atom. The molecule has 35 heavy (non-hydrogen) atoms. The van der Waals surface area contributed by atoms with Crippen LogP contribution in [0.15, 0.2) is 24.3 Å². The lowest BCUT2D eigenvalue weighted by Gasteiger charge is -2.27. The molecule has 1 rings (SSSR count). The quantitative estimate of drug-likeness (QED) is 0.146. The molecule has 5 unspecified atom stereocenters. The first-order valence-corrected chi connectivity index (χ1v) is 10.9.